The van der Waals surface area contributed by atoms with E-state index >= 15 is 0 Å². The van der Waals surface area contributed by atoms with Gasteiger partial charge in [-0.05, 0) is 30.5 Å². The molecule has 2 N–H and O–H groups in total. The quantitative estimate of drug-likeness (QED) is 0.757. The molecule has 22 heavy (non-hydrogen) atoms. The number of fused-ring (bicyclic) bond motifs is 1. The first-order valence-electron chi connectivity index (χ1n) is 7.68. The van der Waals surface area contributed by atoms with Gasteiger partial charge in [0.1, 0.15) is 5.69 Å². The zero-order chi connectivity index (χ0) is 15.0. The Morgan fingerprint density at radius 3 is 2.50 bits per heavy atom. The van der Waals surface area contributed by atoms with Crippen molar-refractivity contribution in [2.24, 2.45) is 0 Å². The van der Waals surface area contributed by atoms with Crippen LogP contribution in [0.25, 0.3) is 10.9 Å². The van der Waals surface area contributed by atoms with Crippen LogP contribution in [0.5, 0.6) is 0 Å². The molecule has 1 amide bonds. The number of benzene rings is 2. The lowest BCUT2D eigenvalue weighted by molar-refractivity contribution is 0.0945. The van der Waals surface area contributed by atoms with Crippen LogP contribution in [-0.4, -0.2) is 17.4 Å². The zero-order valence-corrected chi connectivity index (χ0v) is 12.3. The Morgan fingerprint density at radius 2 is 1.77 bits per heavy atom. The number of hydrogen-bond acceptors (Lipinski definition) is 1. The van der Waals surface area contributed by atoms with Gasteiger partial charge < -0.3 is 10.3 Å². The van der Waals surface area contributed by atoms with Crippen LogP contribution in [0.2, 0.25) is 0 Å². The minimum atomic E-state index is -0.0293. The molecule has 0 radical (unpaired) electrons. The summed E-state index contributed by atoms with van der Waals surface area (Å²) in [5.41, 5.74) is 3.09. The maximum absolute atomic E-state index is 12.4. The molecule has 3 aromatic rings. The van der Waals surface area contributed by atoms with Gasteiger partial charge in [-0.15, -0.1) is 0 Å². The number of carbonyl (C=O) groups is 1. The average Bonchev–Trinajstić information content (AvgIpc) is 3.24. The van der Waals surface area contributed by atoms with E-state index in [1.165, 1.54) is 5.56 Å². The molecular weight excluding hydrogens is 272 g/mol. The summed E-state index contributed by atoms with van der Waals surface area (Å²) >= 11 is 0. The Bertz CT molecular complexity index is 783. The number of aromatic amines is 1. The summed E-state index contributed by atoms with van der Waals surface area (Å²) in [7, 11) is 0. The molecule has 2 aromatic carbocycles. The Labute approximate surface area is 129 Å². The van der Waals surface area contributed by atoms with E-state index in [1.54, 1.807) is 0 Å². The number of carbonyl (C=O) groups excluding carboxylic acids is 1. The minimum Gasteiger partial charge on any atom is -0.351 e. The zero-order valence-electron chi connectivity index (χ0n) is 12.3. The van der Waals surface area contributed by atoms with Crippen LogP contribution in [0.1, 0.15) is 28.9 Å². The Balaban J connectivity index is 1.49. The van der Waals surface area contributed by atoms with Crippen molar-refractivity contribution in [3.8, 4) is 0 Å². The van der Waals surface area contributed by atoms with Gasteiger partial charge in [-0.3, -0.25) is 4.79 Å². The fourth-order valence-electron chi connectivity index (χ4n) is 3.05. The van der Waals surface area contributed by atoms with Gasteiger partial charge in [0.05, 0.1) is 0 Å². The number of rotatable bonds is 4. The molecule has 3 nitrogen and oxygen atoms in total. The van der Waals surface area contributed by atoms with Gasteiger partial charge in [0.2, 0.25) is 0 Å². The van der Waals surface area contributed by atoms with Crippen molar-refractivity contribution in [1.82, 2.24) is 10.3 Å². The fraction of sp³-hybridized carbons (Fsp3) is 0.211. The van der Waals surface area contributed by atoms with Crippen LogP contribution in [0, 0.1) is 0 Å². The molecule has 0 bridgehead atoms. The van der Waals surface area contributed by atoms with Gasteiger partial charge in [-0.2, -0.15) is 0 Å². The molecule has 0 atom stereocenters. The molecule has 0 spiro atoms. The van der Waals surface area contributed by atoms with Crippen LogP contribution in [0.15, 0.2) is 60.7 Å². The smallest absolute Gasteiger partial charge is 0.267 e. The highest BCUT2D eigenvalue weighted by Gasteiger charge is 2.44. The lowest BCUT2D eigenvalue weighted by Crippen LogP contribution is -2.32. The molecule has 1 fully saturated rings. The number of hydrogen-bond donors (Lipinski definition) is 2. The first-order valence-corrected chi connectivity index (χ1v) is 7.68. The number of nitrogens with one attached hydrogen (secondary N) is 2. The van der Waals surface area contributed by atoms with Crippen LogP contribution < -0.4 is 5.32 Å². The van der Waals surface area contributed by atoms with Gasteiger partial charge in [0, 0.05) is 22.9 Å². The summed E-state index contributed by atoms with van der Waals surface area (Å²) in [5, 5.41) is 4.16. The van der Waals surface area contributed by atoms with Crippen molar-refractivity contribution < 1.29 is 4.79 Å². The normalized spacial score (nSPS) is 15.6. The first-order chi connectivity index (χ1) is 10.8. The van der Waals surface area contributed by atoms with Crippen molar-refractivity contribution in [2.75, 3.05) is 6.54 Å². The van der Waals surface area contributed by atoms with E-state index in [2.05, 4.69) is 34.6 Å². The van der Waals surface area contributed by atoms with Crippen molar-refractivity contribution in [2.45, 2.75) is 18.3 Å². The lowest BCUT2D eigenvalue weighted by atomic mass is 9.96. The molecule has 1 saturated carbocycles. The van der Waals surface area contributed by atoms with Crippen molar-refractivity contribution in [1.29, 1.82) is 0 Å². The third-order valence-electron chi connectivity index (χ3n) is 4.60. The number of para-hydroxylation sites is 1. The van der Waals surface area contributed by atoms with Crippen LogP contribution in [-0.2, 0) is 5.41 Å². The average molecular weight is 290 g/mol. The molecule has 0 aliphatic heterocycles. The van der Waals surface area contributed by atoms with Crippen molar-refractivity contribution in [3.63, 3.8) is 0 Å². The monoisotopic (exact) mass is 290 g/mol. The molecule has 1 aliphatic rings. The number of amides is 1. The minimum absolute atomic E-state index is 0.0293. The summed E-state index contributed by atoms with van der Waals surface area (Å²) in [6, 6.07) is 20.3. The third kappa shape index (κ3) is 2.29. The van der Waals surface area contributed by atoms with Gasteiger partial charge in [0.25, 0.3) is 5.91 Å². The maximum atomic E-state index is 12.4. The summed E-state index contributed by atoms with van der Waals surface area (Å²) in [6.07, 6.45) is 2.29. The van der Waals surface area contributed by atoms with E-state index in [9.17, 15) is 4.79 Å². The van der Waals surface area contributed by atoms with E-state index in [-0.39, 0.29) is 11.3 Å². The van der Waals surface area contributed by atoms with E-state index in [0.29, 0.717) is 12.2 Å². The molecule has 1 heterocycles. The third-order valence-corrected chi connectivity index (χ3v) is 4.60. The molecule has 3 heteroatoms. The van der Waals surface area contributed by atoms with E-state index in [0.717, 1.165) is 23.7 Å². The van der Waals surface area contributed by atoms with E-state index in [1.807, 2.05) is 36.4 Å². The van der Waals surface area contributed by atoms with E-state index in [4.69, 9.17) is 0 Å². The first kappa shape index (κ1) is 13.1. The standard InChI is InChI=1S/C19H18N2O/c22-18(17-12-14-6-4-5-9-16(14)21-17)20-13-19(10-11-19)15-7-2-1-3-8-15/h1-9,12,21H,10-11,13H2,(H,20,22). The van der Waals surface area contributed by atoms with Gasteiger partial charge in [-0.25, -0.2) is 0 Å². The molecule has 1 aliphatic carbocycles. The second-order valence-electron chi connectivity index (χ2n) is 6.10. The van der Waals surface area contributed by atoms with Gasteiger partial charge in [0.15, 0.2) is 0 Å². The summed E-state index contributed by atoms with van der Waals surface area (Å²) < 4.78 is 0. The van der Waals surface area contributed by atoms with Crippen LogP contribution in [0.3, 0.4) is 0 Å². The number of aromatic nitrogens is 1. The Kier molecular flexibility index (Phi) is 3.00. The summed E-state index contributed by atoms with van der Waals surface area (Å²) in [6.45, 7) is 0.700. The Morgan fingerprint density at radius 1 is 1.05 bits per heavy atom. The highest BCUT2D eigenvalue weighted by molar-refractivity contribution is 5.98. The van der Waals surface area contributed by atoms with E-state index < -0.39 is 0 Å². The van der Waals surface area contributed by atoms with Crippen molar-refractivity contribution in [3.05, 3.63) is 71.9 Å². The molecule has 4 rings (SSSR count). The predicted molar refractivity (Wildman–Crippen MR) is 88.0 cm³/mol. The topological polar surface area (TPSA) is 44.9 Å². The predicted octanol–water partition coefficient (Wildman–Crippen LogP) is 3.63. The van der Waals surface area contributed by atoms with Gasteiger partial charge in [-0.1, -0.05) is 48.5 Å². The summed E-state index contributed by atoms with van der Waals surface area (Å²) in [5.74, 6) is -0.0293. The molecule has 0 unspecified atom stereocenters. The summed E-state index contributed by atoms with van der Waals surface area (Å²) in [4.78, 5) is 15.6. The fourth-order valence-corrected chi connectivity index (χ4v) is 3.05. The molecule has 1 aromatic heterocycles. The number of H-pyrrole nitrogens is 1. The van der Waals surface area contributed by atoms with Gasteiger partial charge >= 0.3 is 0 Å². The highest BCUT2D eigenvalue weighted by atomic mass is 16.1. The maximum Gasteiger partial charge on any atom is 0.267 e. The molecule has 0 saturated heterocycles. The second-order valence-corrected chi connectivity index (χ2v) is 6.10. The SMILES string of the molecule is O=C(NCC1(c2ccccc2)CC1)c1cc2ccccc2[nH]1. The molecular formula is C19H18N2O. The van der Waals surface area contributed by atoms with Crippen molar-refractivity contribution >= 4 is 16.8 Å². The largest absolute Gasteiger partial charge is 0.351 e. The second kappa shape index (κ2) is 5.02. The Hall–Kier alpha value is -2.55. The lowest BCUT2D eigenvalue weighted by Gasteiger charge is -2.16. The van der Waals surface area contributed by atoms with Crippen LogP contribution >= 0.6 is 0 Å². The van der Waals surface area contributed by atoms with Crippen LogP contribution in [0.4, 0.5) is 0 Å². The molecule has 110 valence electrons. The highest BCUT2D eigenvalue weighted by Crippen LogP contribution is 2.47.